The average molecular weight is 458 g/mol. The number of hydrogen-bond acceptors (Lipinski definition) is 5. The van der Waals surface area contributed by atoms with Crippen molar-refractivity contribution in [2.24, 2.45) is 11.8 Å². The Morgan fingerprint density at radius 2 is 1.71 bits per heavy atom. The van der Waals surface area contributed by atoms with E-state index in [1.54, 1.807) is 19.2 Å². The molecule has 0 spiro atoms. The molecule has 2 aromatic carbocycles. The van der Waals surface area contributed by atoms with Crippen LogP contribution < -0.4 is 4.74 Å². The molecule has 0 aromatic heterocycles. The van der Waals surface area contributed by atoms with Gasteiger partial charge >= 0.3 is 0 Å². The fourth-order valence-corrected chi connectivity index (χ4v) is 6.15. The monoisotopic (exact) mass is 457 g/mol. The second-order valence-corrected chi connectivity index (χ2v) is 9.61. The molecule has 5 nitrogen and oxygen atoms in total. The van der Waals surface area contributed by atoms with Gasteiger partial charge in [0, 0.05) is 19.6 Å². The fourth-order valence-electron chi connectivity index (χ4n) is 6.15. The molecule has 0 N–H and O–H groups in total. The topological polar surface area (TPSA) is 69.3 Å². The second-order valence-electron chi connectivity index (χ2n) is 9.61. The Balaban J connectivity index is 1.35. The molecule has 2 fully saturated rings. The number of rotatable bonds is 9. The van der Waals surface area contributed by atoms with Crippen molar-refractivity contribution in [1.29, 1.82) is 10.5 Å². The van der Waals surface area contributed by atoms with Crippen LogP contribution >= 0.6 is 0 Å². The first-order valence-electron chi connectivity index (χ1n) is 12.6. The zero-order valence-corrected chi connectivity index (χ0v) is 20.2. The van der Waals surface area contributed by atoms with Gasteiger partial charge in [-0.15, -0.1) is 0 Å². The number of hydrogen-bond donors (Lipinski definition) is 0. The van der Waals surface area contributed by atoms with Crippen molar-refractivity contribution in [3.8, 4) is 17.9 Å². The minimum atomic E-state index is -0.483. The van der Waals surface area contributed by atoms with E-state index in [-0.39, 0.29) is 12.0 Å². The Labute approximate surface area is 203 Å². The number of benzene rings is 2. The van der Waals surface area contributed by atoms with Gasteiger partial charge in [-0.25, -0.2) is 0 Å². The number of likely N-dealkylation sites (tertiary alicyclic amines) is 1. The summed E-state index contributed by atoms with van der Waals surface area (Å²) in [5.41, 5.74) is 1.33. The highest BCUT2D eigenvalue weighted by molar-refractivity contribution is 5.37. The Morgan fingerprint density at radius 3 is 2.35 bits per heavy atom. The lowest BCUT2D eigenvalue weighted by Gasteiger charge is -2.45. The van der Waals surface area contributed by atoms with Crippen LogP contribution in [0.25, 0.3) is 0 Å². The summed E-state index contributed by atoms with van der Waals surface area (Å²) in [6.45, 7) is 3.69. The van der Waals surface area contributed by atoms with Gasteiger partial charge in [0.2, 0.25) is 0 Å². The Morgan fingerprint density at radius 1 is 0.971 bits per heavy atom. The first-order chi connectivity index (χ1) is 16.7. The summed E-state index contributed by atoms with van der Waals surface area (Å²) in [7, 11) is 1.80. The lowest BCUT2D eigenvalue weighted by atomic mass is 9.59. The van der Waals surface area contributed by atoms with E-state index in [2.05, 4.69) is 41.3 Å². The zero-order chi connectivity index (χ0) is 23.8. The molecule has 178 valence electrons. The predicted molar refractivity (Wildman–Crippen MR) is 132 cm³/mol. The summed E-state index contributed by atoms with van der Waals surface area (Å²) < 4.78 is 11.7. The van der Waals surface area contributed by atoms with Gasteiger partial charge < -0.3 is 14.4 Å². The molecule has 1 aliphatic heterocycles. The van der Waals surface area contributed by atoms with Crippen molar-refractivity contribution in [3.05, 3.63) is 65.7 Å². The molecule has 0 bridgehead atoms. The highest BCUT2D eigenvalue weighted by Crippen LogP contribution is 2.50. The smallest absolute Gasteiger partial charge is 0.119 e. The first kappa shape index (κ1) is 24.3. The minimum Gasteiger partial charge on any atom is -0.494 e. The van der Waals surface area contributed by atoms with Gasteiger partial charge in [-0.2, -0.15) is 10.5 Å². The molecule has 2 aliphatic rings. The standard InChI is InChI=1S/C29H35N3O2/c1-33-28-10-5-9-27(28)29(22-31,24-7-3-2-4-8-24)25-15-18-32(19-16-25)17-6-20-34-26-13-11-23(21-30)12-14-26/h2-4,7-8,11-14,25,27-28H,5-6,9-10,15-20H2,1H3. The van der Waals surface area contributed by atoms with E-state index in [1.165, 1.54) is 5.56 Å². The van der Waals surface area contributed by atoms with Crippen LogP contribution in [-0.2, 0) is 10.2 Å². The van der Waals surface area contributed by atoms with Crippen LogP contribution in [0.1, 0.15) is 49.7 Å². The number of ether oxygens (including phenoxy) is 2. The largest absolute Gasteiger partial charge is 0.494 e. The molecule has 2 aromatic rings. The average Bonchev–Trinajstić information content (AvgIpc) is 3.38. The molecule has 5 heteroatoms. The van der Waals surface area contributed by atoms with E-state index < -0.39 is 5.41 Å². The van der Waals surface area contributed by atoms with Crippen LogP contribution in [0, 0.1) is 34.5 Å². The molecule has 1 heterocycles. The van der Waals surface area contributed by atoms with Crippen molar-refractivity contribution >= 4 is 0 Å². The molecule has 1 saturated carbocycles. The third-order valence-corrected chi connectivity index (χ3v) is 7.88. The van der Waals surface area contributed by atoms with Crippen molar-refractivity contribution in [1.82, 2.24) is 4.90 Å². The highest BCUT2D eigenvalue weighted by atomic mass is 16.5. The van der Waals surface area contributed by atoms with E-state index in [9.17, 15) is 5.26 Å². The van der Waals surface area contributed by atoms with E-state index in [1.807, 2.05) is 18.2 Å². The Kier molecular flexibility index (Phi) is 8.22. The third kappa shape index (κ3) is 5.12. The maximum atomic E-state index is 10.7. The van der Waals surface area contributed by atoms with Crippen LogP contribution in [0.4, 0.5) is 0 Å². The summed E-state index contributed by atoms with van der Waals surface area (Å²) in [6.07, 6.45) is 6.44. The molecule has 0 radical (unpaired) electrons. The van der Waals surface area contributed by atoms with Gasteiger partial charge in [0.05, 0.1) is 35.8 Å². The van der Waals surface area contributed by atoms with Crippen molar-refractivity contribution < 1.29 is 9.47 Å². The fraction of sp³-hybridized carbons (Fsp3) is 0.517. The van der Waals surface area contributed by atoms with Gasteiger partial charge in [-0.1, -0.05) is 36.8 Å². The van der Waals surface area contributed by atoms with E-state index in [0.717, 1.165) is 63.9 Å². The summed E-state index contributed by atoms with van der Waals surface area (Å²) >= 11 is 0. The van der Waals surface area contributed by atoms with Crippen molar-refractivity contribution in [3.63, 3.8) is 0 Å². The van der Waals surface area contributed by atoms with Gasteiger partial charge in [0.15, 0.2) is 0 Å². The summed E-state index contributed by atoms with van der Waals surface area (Å²) in [5.74, 6) is 1.40. The van der Waals surface area contributed by atoms with Crippen LogP contribution in [0.5, 0.6) is 5.75 Å². The molecule has 0 amide bonds. The van der Waals surface area contributed by atoms with Crippen LogP contribution in [-0.4, -0.2) is 44.4 Å². The molecule has 1 aliphatic carbocycles. The van der Waals surface area contributed by atoms with Gasteiger partial charge in [-0.3, -0.25) is 0 Å². The summed E-state index contributed by atoms with van der Waals surface area (Å²) in [6, 6.07) is 22.8. The van der Waals surface area contributed by atoms with Crippen LogP contribution in [0.3, 0.4) is 0 Å². The Bertz CT molecular complexity index is 987. The lowest BCUT2D eigenvalue weighted by Crippen LogP contribution is -2.49. The maximum absolute atomic E-state index is 10.7. The third-order valence-electron chi connectivity index (χ3n) is 7.88. The van der Waals surface area contributed by atoms with Crippen LogP contribution in [0.2, 0.25) is 0 Å². The quantitative estimate of drug-likeness (QED) is 0.477. The summed E-state index contributed by atoms with van der Waals surface area (Å²) in [5, 5.41) is 19.6. The zero-order valence-electron chi connectivity index (χ0n) is 20.2. The SMILES string of the molecule is COC1CCCC1C(C#N)(c1ccccc1)C1CCN(CCCOc2ccc(C#N)cc2)CC1. The molecule has 34 heavy (non-hydrogen) atoms. The van der Waals surface area contributed by atoms with Gasteiger partial charge in [0.1, 0.15) is 5.75 Å². The predicted octanol–water partition coefficient (Wildman–Crippen LogP) is 5.32. The van der Waals surface area contributed by atoms with E-state index in [4.69, 9.17) is 14.7 Å². The Hall–Kier alpha value is -2.86. The van der Waals surface area contributed by atoms with Crippen LogP contribution in [0.15, 0.2) is 54.6 Å². The summed E-state index contributed by atoms with van der Waals surface area (Å²) in [4.78, 5) is 2.51. The first-order valence-corrected chi connectivity index (χ1v) is 12.6. The maximum Gasteiger partial charge on any atom is 0.119 e. The normalized spacial score (nSPS) is 23.0. The lowest BCUT2D eigenvalue weighted by molar-refractivity contribution is 0.0205. The number of methoxy groups -OCH3 is 1. The number of nitrogens with zero attached hydrogens (tertiary/aromatic N) is 3. The molecular formula is C29H35N3O2. The molecule has 4 rings (SSSR count). The number of piperidine rings is 1. The highest BCUT2D eigenvalue weighted by Gasteiger charge is 2.52. The van der Waals surface area contributed by atoms with Crippen molar-refractivity contribution in [2.75, 3.05) is 33.4 Å². The van der Waals surface area contributed by atoms with Gasteiger partial charge in [-0.05, 0) is 80.9 Å². The molecular weight excluding hydrogens is 422 g/mol. The molecule has 1 saturated heterocycles. The van der Waals surface area contributed by atoms with Gasteiger partial charge in [0.25, 0.3) is 0 Å². The van der Waals surface area contributed by atoms with E-state index in [0.29, 0.717) is 18.1 Å². The molecule has 3 atom stereocenters. The molecule has 3 unspecified atom stereocenters. The number of nitriles is 2. The van der Waals surface area contributed by atoms with Crippen molar-refractivity contribution in [2.45, 2.75) is 50.0 Å². The second kappa shape index (κ2) is 11.5. The minimum absolute atomic E-state index is 0.164. The van der Waals surface area contributed by atoms with E-state index >= 15 is 0 Å².